The second kappa shape index (κ2) is 7.77. The van der Waals surface area contributed by atoms with Crippen LogP contribution < -0.4 is 9.47 Å². The molecule has 15 heteroatoms. The van der Waals surface area contributed by atoms with Crippen LogP contribution >= 0.6 is 0 Å². The number of hydrogen-bond donors (Lipinski definition) is 1. The summed E-state index contributed by atoms with van der Waals surface area (Å²) >= 11 is 0. The van der Waals surface area contributed by atoms with Gasteiger partial charge < -0.3 is 14.6 Å². The molecule has 0 amide bonds. The molecule has 0 fully saturated rings. The Morgan fingerprint density at radius 1 is 0.714 bits per heavy atom. The Morgan fingerprint density at radius 2 is 1.21 bits per heavy atom. The number of halogens is 11. The van der Waals surface area contributed by atoms with Crippen molar-refractivity contribution in [2.75, 3.05) is 13.2 Å². The summed E-state index contributed by atoms with van der Waals surface area (Å²) < 4.78 is 150. The molecular weight excluding hydrogens is 429 g/mol. The highest BCUT2D eigenvalue weighted by Crippen LogP contribution is 2.51. The van der Waals surface area contributed by atoms with Crippen molar-refractivity contribution in [1.82, 2.24) is 0 Å². The van der Waals surface area contributed by atoms with Crippen LogP contribution in [0.5, 0.6) is 11.5 Å². The first-order chi connectivity index (χ1) is 12.5. The summed E-state index contributed by atoms with van der Waals surface area (Å²) in [6, 6.07) is 3.44. The topological polar surface area (TPSA) is 47.9 Å². The summed E-state index contributed by atoms with van der Waals surface area (Å²) in [7, 11) is 0. The number of aliphatic hydroxyl groups is 1. The molecule has 162 valence electrons. The molecule has 28 heavy (non-hydrogen) atoms. The molecule has 0 aromatic heterocycles. The molecule has 1 aromatic carbocycles. The van der Waals surface area contributed by atoms with Crippen LogP contribution in [0.15, 0.2) is 24.3 Å². The minimum absolute atomic E-state index is 0.547. The van der Waals surface area contributed by atoms with E-state index in [9.17, 15) is 48.3 Å². The van der Waals surface area contributed by atoms with Gasteiger partial charge in [-0.1, -0.05) is 12.1 Å². The molecule has 0 saturated heterocycles. The van der Waals surface area contributed by atoms with Gasteiger partial charge in [0.05, 0.1) is 6.61 Å². The molecule has 1 rings (SSSR count). The Kier molecular flexibility index (Phi) is 6.66. The van der Waals surface area contributed by atoms with E-state index in [1.54, 1.807) is 0 Å². The van der Waals surface area contributed by atoms with Crippen molar-refractivity contribution in [1.29, 1.82) is 0 Å². The lowest BCUT2D eigenvalue weighted by atomic mass is 10.3. The summed E-state index contributed by atoms with van der Waals surface area (Å²) in [6.45, 7) is -1.21. The summed E-state index contributed by atoms with van der Waals surface area (Å²) in [5.41, 5.74) is 0. The Labute approximate surface area is 148 Å². The van der Waals surface area contributed by atoms with E-state index >= 15 is 0 Å². The van der Waals surface area contributed by atoms with Crippen LogP contribution in [0, 0.1) is 0 Å². The quantitative estimate of drug-likeness (QED) is 0.580. The maximum absolute atomic E-state index is 13.5. The van der Waals surface area contributed by atoms with Crippen LogP contribution in [-0.2, 0) is 4.74 Å². The number of rotatable bonds is 9. The summed E-state index contributed by atoms with van der Waals surface area (Å²) in [5.74, 6) is -9.17. The Bertz CT molecular complexity index is 660. The number of aliphatic hydroxyl groups excluding tert-OH is 1. The van der Waals surface area contributed by atoms with Crippen molar-refractivity contribution < 1.29 is 67.6 Å². The molecule has 0 aliphatic carbocycles. The average molecular weight is 438 g/mol. The largest absolute Gasteiger partial charge is 0.494 e. The fraction of sp³-hybridized carbons (Fsp3) is 0.538. The zero-order valence-electron chi connectivity index (χ0n) is 13.1. The van der Waals surface area contributed by atoms with Gasteiger partial charge in [0, 0.05) is 0 Å². The molecular formula is C13H9F11O4. The monoisotopic (exact) mass is 438 g/mol. The fourth-order valence-electron chi connectivity index (χ4n) is 1.46. The van der Waals surface area contributed by atoms with Gasteiger partial charge in [-0.05, 0) is 12.1 Å². The third-order valence-corrected chi connectivity index (χ3v) is 2.75. The van der Waals surface area contributed by atoms with E-state index < -0.39 is 55.1 Å². The normalized spacial score (nSPS) is 14.1. The molecule has 4 nitrogen and oxygen atoms in total. The minimum Gasteiger partial charge on any atom is -0.487 e. The van der Waals surface area contributed by atoms with Crippen molar-refractivity contribution >= 4 is 0 Å². The first kappa shape index (κ1) is 24.0. The maximum Gasteiger partial charge on any atom is 0.494 e. The Hall–Kier alpha value is -2.03. The van der Waals surface area contributed by atoms with Crippen LogP contribution in [0.25, 0.3) is 0 Å². The van der Waals surface area contributed by atoms with Crippen molar-refractivity contribution in [3.05, 3.63) is 24.3 Å². The fourth-order valence-corrected chi connectivity index (χ4v) is 1.46. The summed E-state index contributed by atoms with van der Waals surface area (Å²) in [4.78, 5) is 0. The highest BCUT2D eigenvalue weighted by molar-refractivity contribution is 5.39. The van der Waals surface area contributed by atoms with Crippen molar-refractivity contribution in [2.45, 2.75) is 30.4 Å². The number of hydrogen-bond acceptors (Lipinski definition) is 4. The SMILES string of the molecule is OCCOc1ccccc1OC(F)(F)C(F)(F)OC(F)(F)C(F)(F)C(F)(F)F. The van der Waals surface area contributed by atoms with E-state index in [1.165, 1.54) is 0 Å². The molecule has 0 radical (unpaired) electrons. The van der Waals surface area contributed by atoms with Crippen LogP contribution in [0.3, 0.4) is 0 Å². The van der Waals surface area contributed by atoms with E-state index in [4.69, 9.17) is 5.11 Å². The van der Waals surface area contributed by atoms with E-state index in [-0.39, 0.29) is 0 Å². The van der Waals surface area contributed by atoms with Gasteiger partial charge in [0.2, 0.25) is 0 Å². The lowest BCUT2D eigenvalue weighted by molar-refractivity contribution is -0.513. The first-order valence-electron chi connectivity index (χ1n) is 6.78. The van der Waals surface area contributed by atoms with Crippen molar-refractivity contribution in [3.8, 4) is 11.5 Å². The Balaban J connectivity index is 3.13. The van der Waals surface area contributed by atoms with Gasteiger partial charge in [-0.15, -0.1) is 0 Å². The van der Waals surface area contributed by atoms with Crippen LogP contribution in [-0.4, -0.2) is 48.7 Å². The lowest BCUT2D eigenvalue weighted by Gasteiger charge is -2.33. The van der Waals surface area contributed by atoms with E-state index in [1.807, 2.05) is 4.74 Å². The lowest BCUT2D eigenvalue weighted by Crippen LogP contribution is -2.59. The Morgan fingerprint density at radius 3 is 1.68 bits per heavy atom. The maximum atomic E-state index is 13.5. The zero-order chi connectivity index (χ0) is 22.0. The summed E-state index contributed by atoms with van der Waals surface area (Å²) in [6.07, 6.45) is -27.0. The molecule has 0 heterocycles. The zero-order valence-corrected chi connectivity index (χ0v) is 13.1. The van der Waals surface area contributed by atoms with Crippen LogP contribution in [0.1, 0.15) is 0 Å². The van der Waals surface area contributed by atoms with Gasteiger partial charge in [0.1, 0.15) is 6.61 Å². The highest BCUT2D eigenvalue weighted by Gasteiger charge is 2.79. The molecule has 0 spiro atoms. The number of para-hydroxylation sites is 2. The van der Waals surface area contributed by atoms with Gasteiger partial charge in [-0.25, -0.2) is 4.74 Å². The average Bonchev–Trinajstić information content (AvgIpc) is 2.51. The number of alkyl halides is 11. The molecule has 0 saturated carbocycles. The molecule has 0 aliphatic rings. The second-order valence-corrected chi connectivity index (χ2v) is 4.85. The smallest absolute Gasteiger partial charge is 0.487 e. The summed E-state index contributed by atoms with van der Waals surface area (Å²) in [5, 5.41) is 8.55. The standard InChI is InChI=1S/C13H9F11O4/c14-9(15,10(16,17)18)11(19,20)28-13(23,24)12(21,22)27-8-4-2-1-3-7(8)26-6-5-25/h1-4,25H,5-6H2. The van der Waals surface area contributed by atoms with Gasteiger partial charge in [0.25, 0.3) is 0 Å². The van der Waals surface area contributed by atoms with Gasteiger partial charge >= 0.3 is 30.4 Å². The molecule has 1 N–H and O–H groups in total. The second-order valence-electron chi connectivity index (χ2n) is 4.85. The van der Waals surface area contributed by atoms with Crippen molar-refractivity contribution in [2.24, 2.45) is 0 Å². The van der Waals surface area contributed by atoms with Gasteiger partial charge in [-0.3, -0.25) is 0 Å². The van der Waals surface area contributed by atoms with Crippen molar-refractivity contribution in [3.63, 3.8) is 0 Å². The van der Waals surface area contributed by atoms with Gasteiger partial charge in [-0.2, -0.15) is 48.3 Å². The van der Waals surface area contributed by atoms with Crippen LogP contribution in [0.4, 0.5) is 48.3 Å². The van der Waals surface area contributed by atoms with E-state index in [2.05, 4.69) is 9.47 Å². The molecule has 0 atom stereocenters. The molecule has 0 bridgehead atoms. The highest BCUT2D eigenvalue weighted by atomic mass is 19.4. The molecule has 0 unspecified atom stereocenters. The minimum atomic E-state index is -7.22. The third-order valence-electron chi connectivity index (χ3n) is 2.75. The molecule has 0 aliphatic heterocycles. The number of ether oxygens (including phenoxy) is 3. The van der Waals surface area contributed by atoms with E-state index in [0.29, 0.717) is 6.07 Å². The van der Waals surface area contributed by atoms with Crippen LogP contribution in [0.2, 0.25) is 0 Å². The predicted octanol–water partition coefficient (Wildman–Crippen LogP) is 4.43. The first-order valence-corrected chi connectivity index (χ1v) is 6.78. The third kappa shape index (κ3) is 4.87. The van der Waals surface area contributed by atoms with E-state index in [0.717, 1.165) is 18.2 Å². The van der Waals surface area contributed by atoms with Gasteiger partial charge in [0.15, 0.2) is 11.5 Å². The number of benzene rings is 1. The molecule has 1 aromatic rings. The predicted molar refractivity (Wildman–Crippen MR) is 66.6 cm³/mol.